The average Bonchev–Trinajstić information content (AvgIpc) is 0.875. The summed E-state index contributed by atoms with van der Waals surface area (Å²) in [5.74, 6) is 3.74. The molecule has 4 aliphatic rings. The lowest BCUT2D eigenvalue weighted by Crippen LogP contribution is -2.43. The number of fused-ring (bicyclic) bond motifs is 2. The van der Waals surface area contributed by atoms with Crippen molar-refractivity contribution in [3.63, 3.8) is 0 Å². The monoisotopic (exact) mass is 2160 g/mol. The minimum atomic E-state index is -4.43. The maximum absolute atomic E-state index is 13.4. The van der Waals surface area contributed by atoms with Gasteiger partial charge in [-0.2, -0.15) is 18.3 Å². The summed E-state index contributed by atoms with van der Waals surface area (Å²) in [6, 6.07) is 56.0. The largest absolute Gasteiger partial charge is 0.498 e. The quantitative estimate of drug-likeness (QED) is 0.00709. The van der Waals surface area contributed by atoms with Crippen LogP contribution in [-0.4, -0.2) is 187 Å². The number of carbonyl (C=O) groups excluding carboxylic acids is 4. The van der Waals surface area contributed by atoms with E-state index < -0.39 is 17.6 Å². The van der Waals surface area contributed by atoms with Crippen LogP contribution in [0.3, 0.4) is 0 Å². The van der Waals surface area contributed by atoms with E-state index in [1.165, 1.54) is 83.0 Å². The number of piperidine rings is 3. The van der Waals surface area contributed by atoms with Crippen LogP contribution in [0.15, 0.2) is 235 Å². The lowest BCUT2D eigenvalue weighted by molar-refractivity contribution is -0.139. The van der Waals surface area contributed by atoms with Gasteiger partial charge in [-0.15, -0.1) is 30.6 Å². The molecule has 0 atom stereocenters. The van der Waals surface area contributed by atoms with Crippen molar-refractivity contribution in [1.82, 2.24) is 75.8 Å². The third kappa shape index (κ3) is 33.2. The number of rotatable bonds is 29. The number of ether oxygens (including phenoxy) is 6. The number of aromatic nitrogens is 11. The SMILES string of the molecule is CC(=N)OC(=N)c1ccc(N2CCC(O/C=C/C(F)=C\C=C\Cl)CC2)nn1.CNC(=O)c1cccc(NC(=O)N2CCC(Oc3ccccc3Cl)CC2)c1.COc1ccc(-c2nc3ccc(NCc4ccc(Cl)c(Cl)c4)nc3n(CCNC(C)=O)c2=O)cc1.Cc1cc(NC(=O)c2ccc3c(c2)CCNC3)nn1Cc1cc(Cl)ccc1OCC(C)C.Cc1nnc(-c2ccc(N3CCC(Oc4ccccc4C(F)(F)F)CC3)nn2)s1. The highest BCUT2D eigenvalue weighted by molar-refractivity contribution is 7.14. The number of alkyl halides is 3. The van der Waals surface area contributed by atoms with Gasteiger partial charge in [0.05, 0.1) is 47.2 Å². The molecule has 33 nitrogen and oxygen atoms in total. The minimum Gasteiger partial charge on any atom is -0.498 e. The number of nitrogens with one attached hydrogen (secondary N) is 8. The maximum Gasteiger partial charge on any atom is 0.419 e. The number of hydrogen-bond donors (Lipinski definition) is 8. The molecule has 4 aliphatic heterocycles. The molecule has 10 heterocycles. The summed E-state index contributed by atoms with van der Waals surface area (Å²) in [5.41, 5.74) is 10.1. The second-order valence-corrected chi connectivity index (χ2v) is 38.3. The smallest absolute Gasteiger partial charge is 0.419 e. The number of nitrogens with zero attached hydrogens (tertiary/aromatic N) is 14. The van der Waals surface area contributed by atoms with Gasteiger partial charge in [0.2, 0.25) is 11.8 Å². The van der Waals surface area contributed by atoms with Crippen LogP contribution in [0.1, 0.15) is 131 Å². The summed E-state index contributed by atoms with van der Waals surface area (Å²) in [6.45, 7) is 18.8. The van der Waals surface area contributed by atoms with Crippen LogP contribution in [0.25, 0.3) is 33.1 Å². The Labute approximate surface area is 893 Å². The number of likely N-dealkylation sites (tertiary alicyclic amines) is 1. The maximum atomic E-state index is 13.4. The number of aryl methyl sites for hydroxylation is 2. The first kappa shape index (κ1) is 113. The third-order valence-electron chi connectivity index (χ3n) is 23.7. The predicted molar refractivity (Wildman–Crippen MR) is 577 cm³/mol. The number of benzene rings is 7. The van der Waals surface area contributed by atoms with Crippen molar-refractivity contribution in [1.29, 1.82) is 10.8 Å². The highest BCUT2D eigenvalue weighted by atomic mass is 35.5. The Morgan fingerprint density at radius 1 is 0.660 bits per heavy atom. The van der Waals surface area contributed by atoms with E-state index in [2.05, 4.69) is 101 Å². The van der Waals surface area contributed by atoms with Crippen molar-refractivity contribution in [3.8, 4) is 45.0 Å². The zero-order chi connectivity index (χ0) is 107. The van der Waals surface area contributed by atoms with Gasteiger partial charge in [-0.3, -0.25) is 39.2 Å². The first-order valence-corrected chi connectivity index (χ1v) is 50.9. The first-order chi connectivity index (χ1) is 72.2. The number of para-hydroxylation sites is 2. The van der Waals surface area contributed by atoms with Crippen molar-refractivity contribution in [2.45, 2.75) is 137 Å². The normalized spacial score (nSPS) is 13.9. The Hall–Kier alpha value is -14.7. The third-order valence-corrected chi connectivity index (χ3v) is 25.9. The van der Waals surface area contributed by atoms with Crippen molar-refractivity contribution in [3.05, 3.63) is 316 Å². The van der Waals surface area contributed by atoms with E-state index in [9.17, 15) is 41.5 Å². The van der Waals surface area contributed by atoms with Crippen molar-refractivity contribution >= 4 is 145 Å². The molecule has 5 amide bonds. The summed E-state index contributed by atoms with van der Waals surface area (Å²) in [5, 5.41) is 65.6. The zero-order valence-electron chi connectivity index (χ0n) is 83.4. The molecule has 0 saturated carbocycles. The Balaban J connectivity index is 0.000000157. The molecule has 13 aromatic rings. The molecule has 3 fully saturated rings. The number of pyridine rings is 1. The molecule has 43 heteroatoms. The van der Waals surface area contributed by atoms with Crippen LogP contribution < -0.4 is 66.2 Å². The highest BCUT2D eigenvalue weighted by Crippen LogP contribution is 2.39. The number of methoxy groups -OCH3 is 1. The zero-order valence-corrected chi connectivity index (χ0v) is 88.0. The average molecular weight is 2170 g/mol. The lowest BCUT2D eigenvalue weighted by Gasteiger charge is -2.33. The minimum absolute atomic E-state index is 0.0123. The number of hydrogen-bond acceptors (Lipinski definition) is 27. The molecule has 8 N–H and O–H groups in total. The van der Waals surface area contributed by atoms with Gasteiger partial charge >= 0.3 is 12.2 Å². The van der Waals surface area contributed by atoms with E-state index in [-0.39, 0.29) is 84.0 Å². The van der Waals surface area contributed by atoms with Gasteiger partial charge in [0.25, 0.3) is 17.4 Å². The molecular formula is C107H113Cl5F4N22O11S. The fourth-order valence-corrected chi connectivity index (χ4v) is 17.4. The number of amides is 5. The molecular weight excluding hydrogens is 2050 g/mol. The van der Waals surface area contributed by atoms with E-state index in [0.29, 0.717) is 159 Å². The van der Waals surface area contributed by atoms with E-state index in [0.717, 1.165) is 103 Å². The molecule has 786 valence electrons. The summed E-state index contributed by atoms with van der Waals surface area (Å²) < 4.78 is 89.4. The second-order valence-electron chi connectivity index (χ2n) is 35.2. The van der Waals surface area contributed by atoms with Crippen LogP contribution in [0, 0.1) is 30.6 Å². The summed E-state index contributed by atoms with van der Waals surface area (Å²) in [6.07, 6.45) is 5.74. The van der Waals surface area contributed by atoms with Crippen molar-refractivity contribution in [2.75, 3.05) is 98.9 Å². The fourth-order valence-electron chi connectivity index (χ4n) is 15.9. The highest BCUT2D eigenvalue weighted by Gasteiger charge is 2.36. The van der Waals surface area contributed by atoms with Gasteiger partial charge in [-0.05, 0) is 207 Å². The van der Waals surface area contributed by atoms with Gasteiger partial charge in [0, 0.05) is 181 Å². The first-order valence-electron chi connectivity index (χ1n) is 48.1. The van der Waals surface area contributed by atoms with Crippen LogP contribution in [-0.2, 0) is 53.0 Å². The molecule has 150 heavy (non-hydrogen) atoms. The molecule has 7 aromatic carbocycles. The van der Waals surface area contributed by atoms with Crippen LogP contribution in [0.4, 0.5) is 51.3 Å². The van der Waals surface area contributed by atoms with Crippen LogP contribution >= 0.6 is 69.3 Å². The van der Waals surface area contributed by atoms with Crippen molar-refractivity contribution < 1.29 is 65.2 Å². The molecule has 0 radical (unpaired) electrons. The van der Waals surface area contributed by atoms with Gasteiger partial charge in [-0.25, -0.2) is 19.2 Å². The Morgan fingerprint density at radius 3 is 2.01 bits per heavy atom. The van der Waals surface area contributed by atoms with E-state index in [1.807, 2.05) is 97.4 Å². The van der Waals surface area contributed by atoms with Gasteiger partial charge < -0.3 is 75.0 Å². The number of anilines is 5. The molecule has 0 bridgehead atoms. The van der Waals surface area contributed by atoms with Gasteiger partial charge in [0.15, 0.2) is 34.0 Å². The lowest BCUT2D eigenvalue weighted by atomic mass is 9.98. The molecule has 0 unspecified atom stereocenters. The Bertz CT molecular complexity index is 6990. The van der Waals surface area contributed by atoms with Crippen molar-refractivity contribution in [2.24, 2.45) is 5.92 Å². The molecule has 0 spiro atoms. The molecule has 0 aliphatic carbocycles. The number of urea groups is 1. The van der Waals surface area contributed by atoms with Gasteiger partial charge in [0.1, 0.15) is 80.6 Å². The summed E-state index contributed by atoms with van der Waals surface area (Å²) >= 11 is 31.2. The molecule has 6 aromatic heterocycles. The topological polar surface area (TPSA) is 396 Å². The van der Waals surface area contributed by atoms with Crippen LogP contribution in [0.5, 0.6) is 23.0 Å². The number of carbonyl (C=O) groups is 4. The Kier molecular flexibility index (Phi) is 41.3. The summed E-state index contributed by atoms with van der Waals surface area (Å²) in [7, 11) is 3.15. The van der Waals surface area contributed by atoms with E-state index in [1.54, 1.807) is 116 Å². The van der Waals surface area contributed by atoms with E-state index in [4.69, 9.17) is 97.2 Å². The second kappa shape index (κ2) is 55.0. The number of halogens is 9. The molecule has 3 saturated heterocycles. The standard InChI is InChI=1S/C25H23Cl2N5O3.C25H29ClN4O2.C20H22ClN3O3.C19H18F3N5OS.C18H21ClFN5O2/c1-15(33)28-11-12-32-24-21(30-23(25(32)34)17-4-6-18(35-2)7-5-17)9-10-22(31-24)29-14-16-3-8-19(26)20(27)13-16;1-16(2)15-32-23-7-6-22(26)12-21(23)14-30-17(3)10-24(29-30)28-25(31)19-4-5-20-13-27-9-8-18(20)11-19;1-22-19(25)14-5-4-6-15(13-14)23-20(26)24-11-9-16(10-12-24)27-18-8-3-2-7-17(18)21;1-12-23-26-18(29-12)15-6-7-17(25-24-15)27-10-8-13(9-11-27)28-16-5-3-2-4-14(16)19(20,21)22;1-13(21)27-18(22)16-4-5-17(24-23-16)25-10-6-15(7-11-25)26-12-8-14(20)3-2-9-19/h3-10,13H,11-12,14H2,1-2H3,(H,28,33)(H,29,31);4-7,10-12,16,27H,8-9,13-15H2,1-3H3,(H,28,29,31);2-8,13,16H,9-12H2,1H3,(H,22,25)(H,23,26);2-7,13H,8-11H2,1H3;2-5,8-9,12,15,21-22H,6-7,10-11H2,1H3/b;;;;9-2+,12-8+,14-3+,21-13?,22-18?. The molecule has 17 rings (SSSR count). The Morgan fingerprint density at radius 2 is 1.35 bits per heavy atom. The number of allylic oxidation sites excluding steroid dienone is 4. The van der Waals surface area contributed by atoms with Crippen LogP contribution in [0.2, 0.25) is 20.1 Å². The van der Waals surface area contributed by atoms with E-state index >= 15 is 0 Å². The summed E-state index contributed by atoms with van der Waals surface area (Å²) in [4.78, 5) is 77.0. The van der Waals surface area contributed by atoms with Gasteiger partial charge in [-0.1, -0.05) is 126 Å². The predicted octanol–water partition coefficient (Wildman–Crippen LogP) is 21.4. The fraction of sp³-hybridized carbons (Fsp3) is 0.308.